The second-order valence-electron chi connectivity index (χ2n) is 7.82. The number of carbonyl (C=O) groups excluding carboxylic acids is 1. The van der Waals surface area contributed by atoms with Crippen LogP contribution in [0.3, 0.4) is 0 Å². The van der Waals surface area contributed by atoms with Gasteiger partial charge < -0.3 is 15.5 Å². The number of amides is 1. The van der Waals surface area contributed by atoms with Gasteiger partial charge in [-0.1, -0.05) is 24.3 Å². The van der Waals surface area contributed by atoms with E-state index in [2.05, 4.69) is 53.6 Å². The van der Waals surface area contributed by atoms with Crippen LogP contribution in [0.25, 0.3) is 0 Å². The van der Waals surface area contributed by atoms with Gasteiger partial charge in [0.1, 0.15) is 0 Å². The predicted molar refractivity (Wildman–Crippen MR) is 114 cm³/mol. The summed E-state index contributed by atoms with van der Waals surface area (Å²) >= 11 is 0. The van der Waals surface area contributed by atoms with Gasteiger partial charge in [0.05, 0.1) is 6.54 Å². The van der Waals surface area contributed by atoms with Gasteiger partial charge in [0.2, 0.25) is 5.91 Å². The molecule has 1 aromatic rings. The topological polar surface area (TPSA) is 60.0 Å². The average Bonchev–Trinajstić information content (AvgIpc) is 3.13. The van der Waals surface area contributed by atoms with Gasteiger partial charge in [-0.2, -0.15) is 0 Å². The second kappa shape index (κ2) is 10.5. The van der Waals surface area contributed by atoms with Crippen LogP contribution >= 0.6 is 0 Å². The molecule has 1 amide bonds. The Labute approximate surface area is 169 Å². The minimum absolute atomic E-state index is 0.303. The van der Waals surface area contributed by atoms with E-state index in [1.54, 1.807) is 0 Å². The van der Waals surface area contributed by atoms with Crippen molar-refractivity contribution in [3.8, 4) is 0 Å². The molecule has 0 aliphatic carbocycles. The van der Waals surface area contributed by atoms with Crippen molar-refractivity contribution < 1.29 is 4.79 Å². The Morgan fingerprint density at radius 1 is 1.18 bits per heavy atom. The van der Waals surface area contributed by atoms with Gasteiger partial charge >= 0.3 is 0 Å². The fourth-order valence-electron chi connectivity index (χ4n) is 3.99. The van der Waals surface area contributed by atoms with Crippen LogP contribution in [0, 0.1) is 0 Å². The molecule has 1 atom stereocenters. The molecule has 2 aliphatic rings. The summed E-state index contributed by atoms with van der Waals surface area (Å²) in [6, 6.07) is 9.17. The fraction of sp³-hybridized carbons (Fsp3) is 0.636. The fourth-order valence-corrected chi connectivity index (χ4v) is 3.99. The van der Waals surface area contributed by atoms with Crippen molar-refractivity contribution in [3.05, 3.63) is 35.4 Å². The molecule has 0 aromatic heterocycles. The Morgan fingerprint density at radius 2 is 2.00 bits per heavy atom. The molecule has 0 spiro atoms. The van der Waals surface area contributed by atoms with Crippen LogP contribution in [0.4, 0.5) is 0 Å². The molecule has 1 fully saturated rings. The molecule has 0 saturated carbocycles. The number of guanidine groups is 1. The van der Waals surface area contributed by atoms with Crippen molar-refractivity contribution in [1.82, 2.24) is 20.4 Å². The maximum absolute atomic E-state index is 11.7. The van der Waals surface area contributed by atoms with E-state index in [4.69, 9.17) is 4.99 Å². The molecule has 28 heavy (non-hydrogen) atoms. The maximum Gasteiger partial charge on any atom is 0.222 e. The number of likely N-dealkylation sites (tertiary alicyclic amines) is 1. The summed E-state index contributed by atoms with van der Waals surface area (Å²) in [5, 5.41) is 6.75. The highest BCUT2D eigenvalue weighted by atomic mass is 16.2. The van der Waals surface area contributed by atoms with E-state index in [-0.39, 0.29) is 0 Å². The normalized spacial score (nSPS) is 18.9. The first-order valence-electron chi connectivity index (χ1n) is 10.8. The third kappa shape index (κ3) is 5.71. The lowest BCUT2D eigenvalue weighted by Gasteiger charge is -2.33. The third-order valence-electron chi connectivity index (χ3n) is 5.71. The summed E-state index contributed by atoms with van der Waals surface area (Å²) in [7, 11) is 0. The first-order valence-corrected chi connectivity index (χ1v) is 10.8. The summed E-state index contributed by atoms with van der Waals surface area (Å²) in [5.74, 6) is 1.18. The van der Waals surface area contributed by atoms with E-state index < -0.39 is 0 Å². The number of hydrogen-bond donors (Lipinski definition) is 2. The van der Waals surface area contributed by atoms with E-state index in [1.165, 1.54) is 11.1 Å². The highest BCUT2D eigenvalue weighted by Gasteiger charge is 2.20. The molecular weight excluding hydrogens is 350 g/mol. The summed E-state index contributed by atoms with van der Waals surface area (Å²) in [5.41, 5.74) is 2.94. The number of nitrogens with one attached hydrogen (secondary N) is 2. The van der Waals surface area contributed by atoms with E-state index >= 15 is 0 Å². The number of nitrogens with zero attached hydrogens (tertiary/aromatic N) is 3. The van der Waals surface area contributed by atoms with Crippen LogP contribution in [0.2, 0.25) is 0 Å². The van der Waals surface area contributed by atoms with Gasteiger partial charge in [-0.25, -0.2) is 0 Å². The molecule has 2 heterocycles. The number of aliphatic imine (C=N–C) groups is 1. The molecule has 6 nitrogen and oxygen atoms in total. The molecule has 1 aromatic carbocycles. The lowest BCUT2D eigenvalue weighted by molar-refractivity contribution is -0.127. The molecule has 6 heteroatoms. The lowest BCUT2D eigenvalue weighted by atomic mass is 9.99. The van der Waals surface area contributed by atoms with Crippen molar-refractivity contribution in [3.63, 3.8) is 0 Å². The standard InChI is InChI=1S/C22H35N5O/c1-3-23-22(24-12-7-14-26-13-6-10-21(26)28)25-16-18(2)27-15-11-19-8-4-5-9-20(19)17-27/h4-5,8-9,18H,3,6-7,10-17H2,1-2H3,(H2,23,24,25). The maximum atomic E-state index is 11.7. The molecule has 3 rings (SSSR count). The zero-order valence-electron chi connectivity index (χ0n) is 17.4. The van der Waals surface area contributed by atoms with Crippen molar-refractivity contribution in [2.24, 2.45) is 4.99 Å². The van der Waals surface area contributed by atoms with E-state index in [1.807, 2.05) is 4.90 Å². The van der Waals surface area contributed by atoms with Gasteiger partial charge in [-0.05, 0) is 44.2 Å². The zero-order valence-corrected chi connectivity index (χ0v) is 17.4. The highest BCUT2D eigenvalue weighted by Crippen LogP contribution is 2.20. The van der Waals surface area contributed by atoms with Crippen molar-refractivity contribution in [2.45, 2.75) is 52.1 Å². The minimum Gasteiger partial charge on any atom is -0.357 e. The van der Waals surface area contributed by atoms with Crippen LogP contribution in [-0.2, 0) is 17.8 Å². The molecular formula is C22H35N5O. The first kappa shape index (κ1) is 20.6. The monoisotopic (exact) mass is 385 g/mol. The minimum atomic E-state index is 0.303. The molecule has 2 aliphatic heterocycles. The first-order chi connectivity index (χ1) is 13.7. The van der Waals surface area contributed by atoms with Crippen LogP contribution in [0.15, 0.2) is 29.3 Å². The van der Waals surface area contributed by atoms with Crippen LogP contribution in [-0.4, -0.2) is 67.0 Å². The summed E-state index contributed by atoms with van der Waals surface area (Å²) in [4.78, 5) is 21.0. The summed E-state index contributed by atoms with van der Waals surface area (Å²) < 4.78 is 0. The van der Waals surface area contributed by atoms with Crippen molar-refractivity contribution >= 4 is 11.9 Å². The Balaban J connectivity index is 1.43. The average molecular weight is 386 g/mol. The quantitative estimate of drug-likeness (QED) is 0.408. The zero-order chi connectivity index (χ0) is 19.8. The van der Waals surface area contributed by atoms with Crippen LogP contribution in [0.1, 0.15) is 44.2 Å². The molecule has 154 valence electrons. The van der Waals surface area contributed by atoms with Gasteiger partial charge in [0.15, 0.2) is 5.96 Å². The number of hydrogen-bond acceptors (Lipinski definition) is 3. The Bertz CT molecular complexity index is 675. The van der Waals surface area contributed by atoms with E-state index in [0.29, 0.717) is 11.9 Å². The SMILES string of the molecule is CCNC(=NCC(C)N1CCc2ccccc2C1)NCCCN1CCCC1=O. The van der Waals surface area contributed by atoms with Gasteiger partial charge in [-0.15, -0.1) is 0 Å². The van der Waals surface area contributed by atoms with Crippen LogP contribution < -0.4 is 10.6 Å². The second-order valence-corrected chi connectivity index (χ2v) is 7.82. The van der Waals surface area contributed by atoms with Crippen LogP contribution in [0.5, 0.6) is 0 Å². The van der Waals surface area contributed by atoms with E-state index in [0.717, 1.165) is 77.5 Å². The van der Waals surface area contributed by atoms with Gasteiger partial charge in [0, 0.05) is 51.7 Å². The van der Waals surface area contributed by atoms with Gasteiger partial charge in [-0.3, -0.25) is 14.7 Å². The molecule has 0 bridgehead atoms. The molecule has 1 unspecified atom stereocenters. The predicted octanol–water partition coefficient (Wildman–Crippen LogP) is 2.00. The molecule has 0 radical (unpaired) electrons. The Kier molecular flexibility index (Phi) is 7.71. The third-order valence-corrected chi connectivity index (χ3v) is 5.71. The lowest BCUT2D eigenvalue weighted by Crippen LogP contribution is -2.42. The molecule has 1 saturated heterocycles. The Hall–Kier alpha value is -2.08. The van der Waals surface area contributed by atoms with Gasteiger partial charge in [0.25, 0.3) is 0 Å². The van der Waals surface area contributed by atoms with E-state index in [9.17, 15) is 4.79 Å². The number of fused-ring (bicyclic) bond motifs is 1. The summed E-state index contributed by atoms with van der Waals surface area (Å²) in [6.45, 7) is 10.7. The largest absolute Gasteiger partial charge is 0.357 e. The highest BCUT2D eigenvalue weighted by molar-refractivity contribution is 5.79. The smallest absolute Gasteiger partial charge is 0.222 e. The Morgan fingerprint density at radius 3 is 2.75 bits per heavy atom. The van der Waals surface area contributed by atoms with Crippen molar-refractivity contribution in [1.29, 1.82) is 0 Å². The number of carbonyl (C=O) groups is 1. The number of rotatable bonds is 8. The number of benzene rings is 1. The summed E-state index contributed by atoms with van der Waals surface area (Å²) in [6.07, 6.45) is 3.80. The molecule has 2 N–H and O–H groups in total. The van der Waals surface area contributed by atoms with Crippen molar-refractivity contribution in [2.75, 3.05) is 39.3 Å².